The molecule has 0 bridgehead atoms. The third-order valence-corrected chi connectivity index (χ3v) is 2.40. The zero-order valence-corrected chi connectivity index (χ0v) is 10.4. The predicted molar refractivity (Wildman–Crippen MR) is 64.6 cm³/mol. The first kappa shape index (κ1) is 14.8. The van der Waals surface area contributed by atoms with Crippen LogP contribution in [0.3, 0.4) is 0 Å². The van der Waals surface area contributed by atoms with Crippen LogP contribution in [0.25, 0.3) is 0 Å². The van der Waals surface area contributed by atoms with Crippen LogP contribution >= 0.6 is 0 Å². The minimum Gasteiger partial charge on any atom is -0.493 e. The summed E-state index contributed by atoms with van der Waals surface area (Å²) in [6.45, 7) is 3.57. The topological polar surface area (TPSA) is 21.3 Å². The van der Waals surface area contributed by atoms with E-state index in [-0.39, 0.29) is 13.0 Å². The maximum atomic E-state index is 12.0. The van der Waals surface area contributed by atoms with Gasteiger partial charge in [0, 0.05) is 18.5 Å². The molecule has 0 heterocycles. The minimum absolute atomic E-state index is 0.0148. The fourth-order valence-electron chi connectivity index (χ4n) is 1.51. The fraction of sp³-hybridized carbons (Fsp3) is 0.538. The van der Waals surface area contributed by atoms with Gasteiger partial charge in [-0.05, 0) is 19.0 Å². The molecule has 2 nitrogen and oxygen atoms in total. The first-order valence-electron chi connectivity index (χ1n) is 6.01. The fourth-order valence-corrected chi connectivity index (χ4v) is 1.51. The predicted octanol–water partition coefficient (Wildman–Crippen LogP) is 3.52. The van der Waals surface area contributed by atoms with Gasteiger partial charge in [-0.25, -0.2) is 0 Å². The Morgan fingerprint density at radius 1 is 1.22 bits per heavy atom. The van der Waals surface area contributed by atoms with Crippen LogP contribution in [0.2, 0.25) is 0 Å². The Morgan fingerprint density at radius 2 is 1.94 bits per heavy atom. The molecular weight excluding hydrogens is 243 g/mol. The summed E-state index contributed by atoms with van der Waals surface area (Å²) in [5, 5.41) is 3.16. The van der Waals surface area contributed by atoms with Crippen LogP contribution in [0, 0.1) is 0 Å². The molecule has 0 amide bonds. The molecule has 0 aliphatic rings. The Morgan fingerprint density at radius 3 is 2.61 bits per heavy atom. The van der Waals surface area contributed by atoms with E-state index in [1.807, 2.05) is 25.1 Å². The number of rotatable bonds is 7. The van der Waals surface area contributed by atoms with Gasteiger partial charge in [-0.3, -0.25) is 0 Å². The van der Waals surface area contributed by atoms with Crippen molar-refractivity contribution in [3.8, 4) is 5.75 Å². The number of alkyl halides is 3. The summed E-state index contributed by atoms with van der Waals surface area (Å²) in [7, 11) is 0. The van der Waals surface area contributed by atoms with E-state index in [2.05, 4.69) is 5.32 Å². The zero-order valence-electron chi connectivity index (χ0n) is 10.4. The molecule has 0 unspecified atom stereocenters. The van der Waals surface area contributed by atoms with E-state index in [9.17, 15) is 13.2 Å². The first-order chi connectivity index (χ1) is 8.53. The molecule has 0 spiro atoms. The lowest BCUT2D eigenvalue weighted by atomic mass is 10.2. The number of nitrogens with one attached hydrogen (secondary N) is 1. The van der Waals surface area contributed by atoms with Gasteiger partial charge in [-0.15, -0.1) is 0 Å². The number of halogens is 3. The Bertz CT molecular complexity index is 352. The average molecular weight is 261 g/mol. The van der Waals surface area contributed by atoms with Crippen molar-refractivity contribution in [3.63, 3.8) is 0 Å². The second kappa shape index (κ2) is 7.26. The summed E-state index contributed by atoms with van der Waals surface area (Å²) in [5.74, 6) is 0.653. The second-order valence-electron chi connectivity index (χ2n) is 3.96. The van der Waals surface area contributed by atoms with Crippen LogP contribution in [0.15, 0.2) is 24.3 Å². The van der Waals surface area contributed by atoms with E-state index >= 15 is 0 Å². The van der Waals surface area contributed by atoms with Crippen molar-refractivity contribution < 1.29 is 17.9 Å². The molecule has 0 aliphatic carbocycles. The summed E-state index contributed by atoms with van der Waals surface area (Å²) in [5.41, 5.74) is 0.964. The summed E-state index contributed by atoms with van der Waals surface area (Å²) < 4.78 is 41.3. The van der Waals surface area contributed by atoms with E-state index in [0.717, 1.165) is 12.1 Å². The SMILES string of the molecule is CCNCc1ccccc1OCCCC(F)(F)F. The number of para-hydroxylation sites is 1. The number of hydrogen-bond acceptors (Lipinski definition) is 2. The van der Waals surface area contributed by atoms with Crippen molar-refractivity contribution in [3.05, 3.63) is 29.8 Å². The van der Waals surface area contributed by atoms with Gasteiger partial charge in [0.15, 0.2) is 0 Å². The third kappa shape index (κ3) is 5.91. The lowest BCUT2D eigenvalue weighted by molar-refractivity contribution is -0.136. The standard InChI is InChI=1S/C13H18F3NO/c1-2-17-10-11-6-3-4-7-12(11)18-9-5-8-13(14,15)16/h3-4,6-7,17H,2,5,8-10H2,1H3. The third-order valence-electron chi connectivity index (χ3n) is 2.40. The molecular formula is C13H18F3NO. The molecule has 0 radical (unpaired) electrons. The Labute approximate surface area is 105 Å². The Kier molecular flexibility index (Phi) is 5.98. The van der Waals surface area contributed by atoms with E-state index in [4.69, 9.17) is 4.74 Å². The van der Waals surface area contributed by atoms with Gasteiger partial charge in [0.05, 0.1) is 6.61 Å². The summed E-state index contributed by atoms with van der Waals surface area (Å²) >= 11 is 0. The normalized spacial score (nSPS) is 11.6. The Hall–Kier alpha value is -1.23. The van der Waals surface area contributed by atoms with Crippen LogP contribution in [0.5, 0.6) is 5.75 Å². The van der Waals surface area contributed by atoms with Crippen molar-refractivity contribution in [2.24, 2.45) is 0 Å². The van der Waals surface area contributed by atoms with Gasteiger partial charge < -0.3 is 10.1 Å². The quantitative estimate of drug-likeness (QED) is 0.758. The van der Waals surface area contributed by atoms with Crippen LogP contribution in [0.1, 0.15) is 25.3 Å². The number of ether oxygens (including phenoxy) is 1. The zero-order chi connectivity index (χ0) is 13.4. The molecule has 0 saturated carbocycles. The molecule has 1 rings (SSSR count). The highest BCUT2D eigenvalue weighted by atomic mass is 19.4. The lowest BCUT2D eigenvalue weighted by Gasteiger charge is -2.12. The smallest absolute Gasteiger partial charge is 0.389 e. The van der Waals surface area contributed by atoms with Gasteiger partial charge in [-0.1, -0.05) is 25.1 Å². The monoisotopic (exact) mass is 261 g/mol. The molecule has 18 heavy (non-hydrogen) atoms. The minimum atomic E-state index is -4.10. The molecule has 0 saturated heterocycles. The molecule has 1 N–H and O–H groups in total. The number of hydrogen-bond donors (Lipinski definition) is 1. The second-order valence-corrected chi connectivity index (χ2v) is 3.96. The molecule has 0 fully saturated rings. The van der Waals surface area contributed by atoms with Gasteiger partial charge in [-0.2, -0.15) is 13.2 Å². The largest absolute Gasteiger partial charge is 0.493 e. The van der Waals surface area contributed by atoms with Gasteiger partial charge in [0.2, 0.25) is 0 Å². The highest BCUT2D eigenvalue weighted by molar-refractivity contribution is 5.33. The molecule has 102 valence electrons. The van der Waals surface area contributed by atoms with Gasteiger partial charge in [0.1, 0.15) is 5.75 Å². The van der Waals surface area contributed by atoms with Crippen LogP contribution in [0.4, 0.5) is 13.2 Å². The van der Waals surface area contributed by atoms with Crippen LogP contribution < -0.4 is 10.1 Å². The average Bonchev–Trinajstić information content (AvgIpc) is 2.32. The van der Waals surface area contributed by atoms with E-state index in [1.54, 1.807) is 6.07 Å². The van der Waals surface area contributed by atoms with Crippen molar-refractivity contribution in [1.82, 2.24) is 5.32 Å². The van der Waals surface area contributed by atoms with Crippen LogP contribution in [-0.2, 0) is 6.54 Å². The molecule has 1 aromatic carbocycles. The van der Waals surface area contributed by atoms with Crippen molar-refractivity contribution >= 4 is 0 Å². The first-order valence-corrected chi connectivity index (χ1v) is 6.01. The molecule has 1 aromatic rings. The summed E-state index contributed by atoms with van der Waals surface area (Å²) in [6.07, 6.45) is -4.92. The van der Waals surface area contributed by atoms with Crippen molar-refractivity contribution in [1.29, 1.82) is 0 Å². The number of benzene rings is 1. The van der Waals surface area contributed by atoms with E-state index in [1.165, 1.54) is 0 Å². The van der Waals surface area contributed by atoms with E-state index in [0.29, 0.717) is 12.3 Å². The van der Waals surface area contributed by atoms with Crippen molar-refractivity contribution in [2.45, 2.75) is 32.5 Å². The molecule has 0 aliphatic heterocycles. The lowest BCUT2D eigenvalue weighted by Crippen LogP contribution is -2.13. The highest BCUT2D eigenvalue weighted by Crippen LogP contribution is 2.22. The maximum absolute atomic E-state index is 12.0. The van der Waals surface area contributed by atoms with Crippen LogP contribution in [-0.4, -0.2) is 19.3 Å². The van der Waals surface area contributed by atoms with Crippen molar-refractivity contribution in [2.75, 3.05) is 13.2 Å². The highest BCUT2D eigenvalue weighted by Gasteiger charge is 2.26. The maximum Gasteiger partial charge on any atom is 0.389 e. The Balaban J connectivity index is 2.41. The summed E-state index contributed by atoms with van der Waals surface area (Å²) in [4.78, 5) is 0. The van der Waals surface area contributed by atoms with Gasteiger partial charge >= 0.3 is 6.18 Å². The van der Waals surface area contributed by atoms with Gasteiger partial charge in [0.25, 0.3) is 0 Å². The van der Waals surface area contributed by atoms with E-state index < -0.39 is 12.6 Å². The summed E-state index contributed by atoms with van der Waals surface area (Å²) in [6, 6.07) is 7.38. The molecule has 0 aromatic heterocycles. The molecule has 5 heteroatoms. The molecule has 0 atom stereocenters.